The van der Waals surface area contributed by atoms with E-state index < -0.39 is 0 Å². The molecule has 7 nitrogen and oxygen atoms in total. The molecule has 0 atom stereocenters. The van der Waals surface area contributed by atoms with Crippen molar-refractivity contribution in [1.29, 1.82) is 0 Å². The third-order valence-corrected chi connectivity index (χ3v) is 6.51. The minimum atomic E-state index is 0.784. The maximum absolute atomic E-state index is 4.96. The molecular weight excluding hydrogens is 430 g/mol. The average Bonchev–Trinajstić information content (AvgIpc) is 3.61. The zero-order valence-corrected chi connectivity index (χ0v) is 18.8. The van der Waals surface area contributed by atoms with Crippen LogP contribution < -0.4 is 5.32 Å². The summed E-state index contributed by atoms with van der Waals surface area (Å²) in [7, 11) is 0. The van der Waals surface area contributed by atoms with Gasteiger partial charge in [0.2, 0.25) is 0 Å². The van der Waals surface area contributed by atoms with Crippen molar-refractivity contribution in [3.63, 3.8) is 0 Å². The number of hydrogen-bond donors (Lipinski definition) is 3. The topological polar surface area (TPSA) is 95.2 Å². The largest absolute Gasteiger partial charge is 0.353 e. The summed E-state index contributed by atoms with van der Waals surface area (Å²) < 4.78 is 0. The summed E-state index contributed by atoms with van der Waals surface area (Å²) in [6, 6.07) is 14.4. The number of H-pyrrole nitrogens is 2. The third-order valence-electron chi connectivity index (χ3n) is 5.64. The van der Waals surface area contributed by atoms with Gasteiger partial charge in [-0.3, -0.25) is 15.1 Å². The highest BCUT2D eigenvalue weighted by atomic mass is 32.1. The van der Waals surface area contributed by atoms with Crippen molar-refractivity contribution in [2.45, 2.75) is 13.5 Å². The number of nitrogens with zero attached hydrogens (tertiary/aromatic N) is 4. The Kier molecular flexibility index (Phi) is 4.93. The van der Waals surface area contributed by atoms with Gasteiger partial charge in [-0.15, -0.1) is 11.3 Å². The predicted molar refractivity (Wildman–Crippen MR) is 133 cm³/mol. The molecule has 0 aliphatic rings. The molecule has 6 heterocycles. The Morgan fingerprint density at radius 2 is 2.00 bits per heavy atom. The summed E-state index contributed by atoms with van der Waals surface area (Å²) >= 11 is 1.68. The van der Waals surface area contributed by atoms with E-state index in [0.29, 0.717) is 0 Å². The van der Waals surface area contributed by atoms with E-state index in [4.69, 9.17) is 4.98 Å². The number of thiophene rings is 1. The van der Waals surface area contributed by atoms with Gasteiger partial charge in [-0.05, 0) is 53.9 Å². The van der Waals surface area contributed by atoms with Gasteiger partial charge in [0.1, 0.15) is 11.2 Å². The van der Waals surface area contributed by atoms with Crippen molar-refractivity contribution in [2.75, 3.05) is 6.54 Å². The van der Waals surface area contributed by atoms with Gasteiger partial charge in [0, 0.05) is 41.6 Å². The predicted octanol–water partition coefficient (Wildman–Crippen LogP) is 5.40. The van der Waals surface area contributed by atoms with E-state index in [-0.39, 0.29) is 0 Å². The molecule has 0 aliphatic carbocycles. The van der Waals surface area contributed by atoms with Gasteiger partial charge in [-0.2, -0.15) is 5.10 Å². The van der Waals surface area contributed by atoms with E-state index in [1.165, 1.54) is 0 Å². The van der Waals surface area contributed by atoms with Crippen molar-refractivity contribution >= 4 is 33.3 Å². The highest BCUT2D eigenvalue weighted by molar-refractivity contribution is 7.13. The molecule has 0 aliphatic heterocycles. The maximum Gasteiger partial charge on any atom is 0.135 e. The molecule has 0 fully saturated rings. The summed E-state index contributed by atoms with van der Waals surface area (Å²) in [4.78, 5) is 18.6. The lowest BCUT2D eigenvalue weighted by Gasteiger charge is -2.05. The molecule has 0 amide bonds. The minimum absolute atomic E-state index is 0.784. The number of aromatic nitrogens is 6. The quantitative estimate of drug-likeness (QED) is 0.315. The van der Waals surface area contributed by atoms with E-state index in [2.05, 4.69) is 61.0 Å². The van der Waals surface area contributed by atoms with Gasteiger partial charge in [0.25, 0.3) is 0 Å². The molecule has 0 unspecified atom stereocenters. The van der Waals surface area contributed by atoms with Gasteiger partial charge in [-0.25, -0.2) is 4.98 Å². The summed E-state index contributed by atoms with van der Waals surface area (Å²) in [5.41, 5.74) is 8.39. The van der Waals surface area contributed by atoms with Crippen LogP contribution in [0.15, 0.2) is 66.4 Å². The van der Waals surface area contributed by atoms with Crippen molar-refractivity contribution in [3.8, 4) is 33.2 Å². The Bertz CT molecular complexity index is 1560. The van der Waals surface area contributed by atoms with Gasteiger partial charge in [-0.1, -0.05) is 13.0 Å². The molecule has 0 spiro atoms. The average molecular weight is 452 g/mol. The molecule has 6 aromatic rings. The highest BCUT2D eigenvalue weighted by Gasteiger charge is 2.16. The second kappa shape index (κ2) is 8.23. The van der Waals surface area contributed by atoms with Crippen LogP contribution in [-0.4, -0.2) is 36.7 Å². The van der Waals surface area contributed by atoms with E-state index in [0.717, 1.165) is 73.8 Å². The fourth-order valence-corrected chi connectivity index (χ4v) is 4.77. The van der Waals surface area contributed by atoms with Gasteiger partial charge < -0.3 is 10.3 Å². The first-order valence-electron chi connectivity index (χ1n) is 10.8. The van der Waals surface area contributed by atoms with Crippen LogP contribution >= 0.6 is 11.3 Å². The van der Waals surface area contributed by atoms with Crippen LogP contribution in [0.4, 0.5) is 0 Å². The fourth-order valence-electron chi connectivity index (χ4n) is 4.03. The number of aromatic amines is 2. The molecular formula is C25H21N7S. The van der Waals surface area contributed by atoms with E-state index in [1.807, 2.05) is 42.9 Å². The molecule has 0 saturated carbocycles. The Morgan fingerprint density at radius 3 is 2.88 bits per heavy atom. The van der Waals surface area contributed by atoms with Gasteiger partial charge in [0.15, 0.2) is 0 Å². The minimum Gasteiger partial charge on any atom is -0.353 e. The number of pyridine rings is 3. The number of rotatable bonds is 6. The van der Waals surface area contributed by atoms with Crippen LogP contribution in [0, 0.1) is 0 Å². The molecule has 162 valence electrons. The lowest BCUT2D eigenvalue weighted by atomic mass is 10.1. The first-order valence-corrected chi connectivity index (χ1v) is 11.7. The van der Waals surface area contributed by atoms with Gasteiger partial charge >= 0.3 is 0 Å². The molecule has 33 heavy (non-hydrogen) atoms. The van der Waals surface area contributed by atoms with Gasteiger partial charge in [0.05, 0.1) is 27.5 Å². The van der Waals surface area contributed by atoms with Crippen molar-refractivity contribution in [3.05, 3.63) is 72.0 Å². The number of nitrogens with one attached hydrogen (secondary N) is 3. The molecule has 0 aromatic carbocycles. The van der Waals surface area contributed by atoms with Crippen molar-refractivity contribution in [1.82, 2.24) is 35.5 Å². The molecule has 6 rings (SSSR count). The summed E-state index contributed by atoms with van der Waals surface area (Å²) in [6.07, 6.45) is 5.58. The Labute approximate surface area is 194 Å². The summed E-state index contributed by atoms with van der Waals surface area (Å²) in [6.45, 7) is 3.80. The first-order chi connectivity index (χ1) is 16.3. The van der Waals surface area contributed by atoms with E-state index in [9.17, 15) is 0 Å². The van der Waals surface area contributed by atoms with Crippen LogP contribution in [0.1, 0.15) is 12.5 Å². The Hall–Kier alpha value is -3.88. The fraction of sp³-hybridized carbons (Fsp3) is 0.120. The highest BCUT2D eigenvalue weighted by Crippen LogP contribution is 2.34. The molecule has 8 heteroatoms. The molecule has 0 bridgehead atoms. The van der Waals surface area contributed by atoms with Crippen LogP contribution in [0.5, 0.6) is 0 Å². The lowest BCUT2D eigenvalue weighted by Crippen LogP contribution is -2.11. The maximum atomic E-state index is 4.96. The standard InChI is InChI=1S/C25H21N7S/c1-2-26-12-15-10-16(14-27-13-15)18-5-6-20-24(30-18)25(32-31-20)21-11-17-19(29-21)7-8-28-23(17)22-4-3-9-33-22/h3-11,13-14,26,29H,2,12H2,1H3,(H,31,32). The first kappa shape index (κ1) is 19.8. The smallest absolute Gasteiger partial charge is 0.135 e. The second-order valence-electron chi connectivity index (χ2n) is 7.81. The molecule has 0 radical (unpaired) electrons. The molecule has 3 N–H and O–H groups in total. The van der Waals surface area contributed by atoms with E-state index in [1.54, 1.807) is 11.3 Å². The van der Waals surface area contributed by atoms with Crippen molar-refractivity contribution in [2.24, 2.45) is 0 Å². The zero-order valence-electron chi connectivity index (χ0n) is 18.0. The Morgan fingerprint density at radius 1 is 1.03 bits per heavy atom. The second-order valence-corrected chi connectivity index (χ2v) is 8.76. The molecule has 6 aromatic heterocycles. The monoisotopic (exact) mass is 451 g/mol. The molecule has 0 saturated heterocycles. The number of hydrogen-bond acceptors (Lipinski definition) is 6. The normalized spacial score (nSPS) is 11.5. The van der Waals surface area contributed by atoms with E-state index >= 15 is 0 Å². The zero-order chi connectivity index (χ0) is 22.2. The van der Waals surface area contributed by atoms with Crippen LogP contribution in [0.25, 0.3) is 55.2 Å². The lowest BCUT2D eigenvalue weighted by molar-refractivity contribution is 0.724. The summed E-state index contributed by atoms with van der Waals surface area (Å²) in [5.74, 6) is 0. The van der Waals surface area contributed by atoms with Crippen LogP contribution in [-0.2, 0) is 6.54 Å². The summed E-state index contributed by atoms with van der Waals surface area (Å²) in [5, 5.41) is 14.2. The number of fused-ring (bicyclic) bond motifs is 2. The van der Waals surface area contributed by atoms with Crippen LogP contribution in [0.2, 0.25) is 0 Å². The van der Waals surface area contributed by atoms with Crippen molar-refractivity contribution < 1.29 is 0 Å². The SMILES string of the molecule is CCNCc1cncc(-c2ccc3[nH]nc(-c4cc5c(-c6cccs6)nccc5[nH]4)c3n2)c1. The Balaban J connectivity index is 1.44. The third kappa shape index (κ3) is 3.59. The van der Waals surface area contributed by atoms with Crippen LogP contribution in [0.3, 0.4) is 0 Å².